The summed E-state index contributed by atoms with van der Waals surface area (Å²) in [4.78, 5) is 11.6. The smallest absolute Gasteiger partial charge is 0.407 e. The van der Waals surface area contributed by atoms with Gasteiger partial charge in [0, 0.05) is 6.54 Å². The van der Waals surface area contributed by atoms with Gasteiger partial charge in [-0.2, -0.15) is 0 Å². The number of nitrogens with one attached hydrogen (secondary N) is 1. The number of ether oxygens (including phenoxy) is 1. The van der Waals surface area contributed by atoms with Crippen molar-refractivity contribution in [3.63, 3.8) is 0 Å². The first-order valence-corrected chi connectivity index (χ1v) is 8.06. The monoisotopic (exact) mass is 320 g/mol. The van der Waals surface area contributed by atoms with E-state index in [1.807, 2.05) is 30.3 Å². The van der Waals surface area contributed by atoms with Crippen LogP contribution in [0.15, 0.2) is 59.5 Å². The number of sulfonamides is 1. The van der Waals surface area contributed by atoms with Gasteiger partial charge < -0.3 is 10.1 Å². The zero-order valence-electron chi connectivity index (χ0n) is 11.7. The number of amides is 1. The molecule has 1 amide bonds. The van der Waals surface area contributed by atoms with Crippen molar-refractivity contribution in [2.75, 3.05) is 0 Å². The van der Waals surface area contributed by atoms with Gasteiger partial charge in [-0.3, -0.25) is 0 Å². The summed E-state index contributed by atoms with van der Waals surface area (Å²) in [6.07, 6.45) is -0.542. The Bertz CT molecular complexity index is 728. The highest BCUT2D eigenvalue weighted by molar-refractivity contribution is 7.89. The summed E-state index contributed by atoms with van der Waals surface area (Å²) in [6.45, 7) is 0.426. The van der Waals surface area contributed by atoms with Crippen molar-refractivity contribution < 1.29 is 17.9 Å². The lowest BCUT2D eigenvalue weighted by Gasteiger charge is -2.07. The molecule has 0 saturated heterocycles. The third kappa shape index (κ3) is 4.87. The fraction of sp³-hybridized carbons (Fsp3) is 0.133. The first-order chi connectivity index (χ1) is 10.4. The van der Waals surface area contributed by atoms with Crippen LogP contribution in [0.5, 0.6) is 0 Å². The molecular weight excluding hydrogens is 304 g/mol. The van der Waals surface area contributed by atoms with Crippen molar-refractivity contribution in [1.82, 2.24) is 5.32 Å². The summed E-state index contributed by atoms with van der Waals surface area (Å²) in [5.41, 5.74) is 1.64. The van der Waals surface area contributed by atoms with E-state index >= 15 is 0 Å². The van der Waals surface area contributed by atoms with Crippen LogP contribution in [0.2, 0.25) is 0 Å². The summed E-state index contributed by atoms with van der Waals surface area (Å²) in [6, 6.07) is 15.3. The van der Waals surface area contributed by atoms with Crippen molar-refractivity contribution in [1.29, 1.82) is 0 Å². The molecule has 0 atom stereocenters. The minimum atomic E-state index is -3.70. The van der Waals surface area contributed by atoms with Crippen LogP contribution in [-0.2, 0) is 27.9 Å². The molecule has 0 radical (unpaired) electrons. The van der Waals surface area contributed by atoms with E-state index in [4.69, 9.17) is 9.88 Å². The van der Waals surface area contributed by atoms with E-state index in [-0.39, 0.29) is 18.0 Å². The zero-order chi connectivity index (χ0) is 16.0. The predicted molar refractivity (Wildman–Crippen MR) is 81.3 cm³/mol. The quantitative estimate of drug-likeness (QED) is 0.877. The lowest BCUT2D eigenvalue weighted by molar-refractivity contribution is 0.139. The van der Waals surface area contributed by atoms with Gasteiger partial charge >= 0.3 is 6.09 Å². The number of carbonyl (C=O) groups is 1. The molecule has 2 aromatic rings. The Morgan fingerprint density at radius 3 is 2.23 bits per heavy atom. The molecule has 0 aliphatic rings. The fourth-order valence-electron chi connectivity index (χ4n) is 1.75. The van der Waals surface area contributed by atoms with E-state index in [1.54, 1.807) is 12.1 Å². The number of nitrogens with two attached hydrogens (primary N) is 1. The molecule has 0 fully saturated rings. The number of benzene rings is 2. The van der Waals surface area contributed by atoms with Crippen LogP contribution in [0.25, 0.3) is 0 Å². The molecule has 0 aromatic heterocycles. The molecule has 0 spiro atoms. The number of carbonyl (C=O) groups excluding carboxylic acids is 1. The van der Waals surface area contributed by atoms with Gasteiger partial charge in [0.1, 0.15) is 6.61 Å². The van der Waals surface area contributed by atoms with Crippen LogP contribution < -0.4 is 10.5 Å². The average molecular weight is 320 g/mol. The van der Waals surface area contributed by atoms with Crippen LogP contribution in [0, 0.1) is 0 Å². The second-order valence-corrected chi connectivity index (χ2v) is 6.17. The molecule has 3 N–H and O–H groups in total. The van der Waals surface area contributed by atoms with Crippen molar-refractivity contribution in [2.24, 2.45) is 5.14 Å². The molecule has 0 unspecified atom stereocenters. The zero-order valence-corrected chi connectivity index (χ0v) is 12.5. The Labute approximate surface area is 129 Å². The first-order valence-electron chi connectivity index (χ1n) is 6.51. The molecule has 0 aliphatic carbocycles. The fourth-order valence-corrected chi connectivity index (χ4v) is 2.26. The van der Waals surface area contributed by atoms with E-state index in [0.29, 0.717) is 0 Å². The van der Waals surface area contributed by atoms with Crippen molar-refractivity contribution >= 4 is 16.1 Å². The average Bonchev–Trinajstić information content (AvgIpc) is 2.51. The number of alkyl carbamates (subject to hydrolysis) is 1. The molecule has 2 rings (SSSR count). The third-order valence-electron chi connectivity index (χ3n) is 2.90. The highest BCUT2D eigenvalue weighted by Crippen LogP contribution is 2.08. The normalized spacial score (nSPS) is 11.0. The molecule has 116 valence electrons. The topological polar surface area (TPSA) is 98.5 Å². The van der Waals surface area contributed by atoms with Crippen LogP contribution in [0.3, 0.4) is 0 Å². The van der Waals surface area contributed by atoms with Crippen LogP contribution >= 0.6 is 0 Å². The maximum Gasteiger partial charge on any atom is 0.407 e. The second-order valence-electron chi connectivity index (χ2n) is 4.60. The van der Waals surface area contributed by atoms with Crippen molar-refractivity contribution in [3.8, 4) is 0 Å². The summed E-state index contributed by atoms with van der Waals surface area (Å²) >= 11 is 0. The van der Waals surface area contributed by atoms with Gasteiger partial charge in [0.05, 0.1) is 4.90 Å². The van der Waals surface area contributed by atoms with Crippen molar-refractivity contribution in [3.05, 3.63) is 65.7 Å². The highest BCUT2D eigenvalue weighted by Gasteiger charge is 2.07. The minimum Gasteiger partial charge on any atom is -0.445 e. The van der Waals surface area contributed by atoms with E-state index in [9.17, 15) is 13.2 Å². The molecule has 0 aliphatic heterocycles. The van der Waals surface area contributed by atoms with Gasteiger partial charge in [0.15, 0.2) is 0 Å². The van der Waals surface area contributed by atoms with Gasteiger partial charge in [-0.05, 0) is 23.3 Å². The van der Waals surface area contributed by atoms with Gasteiger partial charge in [0.25, 0.3) is 0 Å². The van der Waals surface area contributed by atoms with Gasteiger partial charge in [-0.1, -0.05) is 42.5 Å². The lowest BCUT2D eigenvalue weighted by Crippen LogP contribution is -2.23. The Morgan fingerprint density at radius 2 is 1.64 bits per heavy atom. The number of primary sulfonamides is 1. The maximum absolute atomic E-state index is 11.6. The Balaban J connectivity index is 1.81. The van der Waals surface area contributed by atoms with E-state index < -0.39 is 16.1 Å². The minimum absolute atomic E-state index is 0.0305. The van der Waals surface area contributed by atoms with Gasteiger partial charge in [-0.25, -0.2) is 18.4 Å². The molecule has 0 bridgehead atoms. The number of rotatable bonds is 5. The molecular formula is C15H16N2O4S. The van der Waals surface area contributed by atoms with E-state index in [2.05, 4.69) is 5.32 Å². The standard InChI is InChI=1S/C15H16N2O4S/c16-22(19,20)14-8-6-12(7-9-14)10-17-15(18)21-11-13-4-2-1-3-5-13/h1-9H,10-11H2,(H,17,18)(H2,16,19,20). The third-order valence-corrected chi connectivity index (χ3v) is 3.83. The summed E-state index contributed by atoms with van der Waals surface area (Å²) in [7, 11) is -3.70. The summed E-state index contributed by atoms with van der Waals surface area (Å²) < 4.78 is 27.3. The van der Waals surface area contributed by atoms with Crippen LogP contribution in [0.4, 0.5) is 4.79 Å². The SMILES string of the molecule is NS(=O)(=O)c1ccc(CNC(=O)OCc2ccccc2)cc1. The summed E-state index contributed by atoms with van der Waals surface area (Å²) in [5.74, 6) is 0. The predicted octanol–water partition coefficient (Wildman–Crippen LogP) is 1.76. The Hall–Kier alpha value is -2.38. The molecule has 0 saturated carbocycles. The summed E-state index contributed by atoms with van der Waals surface area (Å²) in [5, 5.41) is 7.59. The Kier molecular flexibility index (Phi) is 5.13. The van der Waals surface area contributed by atoms with E-state index in [1.165, 1.54) is 12.1 Å². The van der Waals surface area contributed by atoms with Gasteiger partial charge in [-0.15, -0.1) is 0 Å². The molecule has 6 nitrogen and oxygen atoms in total. The molecule has 7 heteroatoms. The largest absolute Gasteiger partial charge is 0.445 e. The second kappa shape index (κ2) is 7.06. The first kappa shape index (κ1) is 16.0. The lowest BCUT2D eigenvalue weighted by atomic mass is 10.2. The molecule has 0 heterocycles. The maximum atomic E-state index is 11.6. The molecule has 2 aromatic carbocycles. The van der Waals surface area contributed by atoms with E-state index in [0.717, 1.165) is 11.1 Å². The van der Waals surface area contributed by atoms with Gasteiger partial charge in [0.2, 0.25) is 10.0 Å². The van der Waals surface area contributed by atoms with Crippen LogP contribution in [-0.4, -0.2) is 14.5 Å². The number of hydrogen-bond acceptors (Lipinski definition) is 4. The molecule has 22 heavy (non-hydrogen) atoms. The Morgan fingerprint density at radius 1 is 1.00 bits per heavy atom. The van der Waals surface area contributed by atoms with Crippen molar-refractivity contribution in [2.45, 2.75) is 18.0 Å². The highest BCUT2D eigenvalue weighted by atomic mass is 32.2. The number of hydrogen-bond donors (Lipinski definition) is 2. The van der Waals surface area contributed by atoms with Crippen LogP contribution in [0.1, 0.15) is 11.1 Å².